The molecule has 0 spiro atoms. The standard InChI is InChI=1S/C12H10N2.C7H8/c1-3-7-11(8-4-1)13-14-12-9-5-2-6-10-12;1-2-7-4-3-6(1)5-7/h1-10H;1-4,6-7H,5H2. The summed E-state index contributed by atoms with van der Waals surface area (Å²) >= 11 is 0. The lowest BCUT2D eigenvalue weighted by Crippen LogP contribution is -1.79. The van der Waals surface area contributed by atoms with Crippen LogP contribution in [0.5, 0.6) is 0 Å². The quantitative estimate of drug-likeness (QED) is 0.484. The Balaban J connectivity index is 0.000000156. The van der Waals surface area contributed by atoms with Crippen LogP contribution in [0.15, 0.2) is 95.2 Å². The largest absolute Gasteiger partial charge is 0.151 e. The van der Waals surface area contributed by atoms with Gasteiger partial charge in [0, 0.05) is 0 Å². The summed E-state index contributed by atoms with van der Waals surface area (Å²) in [5, 5.41) is 8.20. The van der Waals surface area contributed by atoms with Gasteiger partial charge in [-0.1, -0.05) is 60.7 Å². The van der Waals surface area contributed by atoms with Gasteiger partial charge in [-0.15, -0.1) is 0 Å². The van der Waals surface area contributed by atoms with Crippen molar-refractivity contribution < 1.29 is 0 Å². The third-order valence-electron chi connectivity index (χ3n) is 3.55. The van der Waals surface area contributed by atoms with Crippen molar-refractivity contribution >= 4 is 11.4 Å². The van der Waals surface area contributed by atoms with Crippen molar-refractivity contribution in [1.82, 2.24) is 0 Å². The molecule has 2 aliphatic carbocycles. The van der Waals surface area contributed by atoms with E-state index in [4.69, 9.17) is 0 Å². The summed E-state index contributed by atoms with van der Waals surface area (Å²) in [4.78, 5) is 0. The predicted octanol–water partition coefficient (Wildman–Crippen LogP) is 5.85. The number of azo groups is 1. The van der Waals surface area contributed by atoms with Gasteiger partial charge >= 0.3 is 0 Å². The Hall–Kier alpha value is -2.48. The molecule has 2 bridgehead atoms. The number of fused-ring (bicyclic) bond motifs is 2. The SMILES string of the molecule is C1=CC2C=CC1C2.c1ccc(N=Nc2ccccc2)cc1. The van der Waals surface area contributed by atoms with Crippen LogP contribution < -0.4 is 0 Å². The number of benzene rings is 2. The molecule has 104 valence electrons. The molecule has 0 saturated heterocycles. The van der Waals surface area contributed by atoms with Crippen molar-refractivity contribution in [1.29, 1.82) is 0 Å². The molecule has 2 aromatic carbocycles. The van der Waals surface area contributed by atoms with Gasteiger partial charge in [-0.2, -0.15) is 10.2 Å². The van der Waals surface area contributed by atoms with Gasteiger partial charge in [-0.3, -0.25) is 0 Å². The second kappa shape index (κ2) is 6.80. The zero-order chi connectivity index (χ0) is 14.3. The third kappa shape index (κ3) is 3.99. The van der Waals surface area contributed by atoms with Crippen molar-refractivity contribution in [2.75, 3.05) is 0 Å². The van der Waals surface area contributed by atoms with E-state index >= 15 is 0 Å². The Morgan fingerprint density at radius 2 is 0.952 bits per heavy atom. The van der Waals surface area contributed by atoms with Crippen LogP contribution in [0.1, 0.15) is 6.42 Å². The lowest BCUT2D eigenvalue weighted by atomic mass is 10.2. The van der Waals surface area contributed by atoms with Gasteiger partial charge in [0.25, 0.3) is 0 Å². The molecule has 0 N–H and O–H groups in total. The van der Waals surface area contributed by atoms with Crippen molar-refractivity contribution in [3.05, 3.63) is 85.0 Å². The Bertz CT molecular complexity index is 572. The highest BCUT2D eigenvalue weighted by Gasteiger charge is 2.19. The first kappa shape index (κ1) is 13.5. The first-order valence-electron chi connectivity index (χ1n) is 7.29. The van der Waals surface area contributed by atoms with E-state index in [1.54, 1.807) is 0 Å². The molecule has 0 aliphatic heterocycles. The molecule has 2 aliphatic rings. The summed E-state index contributed by atoms with van der Waals surface area (Å²) < 4.78 is 0. The van der Waals surface area contributed by atoms with Crippen LogP contribution in [-0.4, -0.2) is 0 Å². The van der Waals surface area contributed by atoms with Crippen LogP contribution >= 0.6 is 0 Å². The molecule has 0 fully saturated rings. The highest BCUT2D eigenvalue weighted by molar-refractivity contribution is 5.39. The summed E-state index contributed by atoms with van der Waals surface area (Å²) in [5.74, 6) is 1.62. The van der Waals surface area contributed by atoms with E-state index in [1.165, 1.54) is 6.42 Å². The van der Waals surface area contributed by atoms with Crippen molar-refractivity contribution in [3.63, 3.8) is 0 Å². The maximum absolute atomic E-state index is 4.10. The highest BCUT2D eigenvalue weighted by atomic mass is 15.1. The molecule has 0 aromatic heterocycles. The molecule has 2 nitrogen and oxygen atoms in total. The normalized spacial score (nSPS) is 21.5. The van der Waals surface area contributed by atoms with Gasteiger partial charge < -0.3 is 0 Å². The average Bonchev–Trinajstić information content (AvgIpc) is 3.21. The second-order valence-corrected chi connectivity index (χ2v) is 5.20. The zero-order valence-electron chi connectivity index (χ0n) is 11.8. The van der Waals surface area contributed by atoms with Gasteiger partial charge in [0.1, 0.15) is 0 Å². The second-order valence-electron chi connectivity index (χ2n) is 5.20. The zero-order valence-corrected chi connectivity index (χ0v) is 11.8. The van der Waals surface area contributed by atoms with Gasteiger partial charge in [-0.25, -0.2) is 0 Å². The Morgan fingerprint density at radius 1 is 0.571 bits per heavy atom. The first-order chi connectivity index (χ1) is 10.4. The fraction of sp³-hybridized carbons (Fsp3) is 0.158. The van der Waals surface area contributed by atoms with Crippen molar-refractivity contribution in [3.8, 4) is 0 Å². The summed E-state index contributed by atoms with van der Waals surface area (Å²) in [7, 11) is 0. The first-order valence-corrected chi connectivity index (χ1v) is 7.29. The van der Waals surface area contributed by atoms with Gasteiger partial charge in [0.15, 0.2) is 0 Å². The fourth-order valence-corrected chi connectivity index (χ4v) is 2.43. The Morgan fingerprint density at radius 3 is 1.24 bits per heavy atom. The van der Waals surface area contributed by atoms with Gasteiger partial charge in [0.05, 0.1) is 11.4 Å². The number of allylic oxidation sites excluding steroid dienone is 4. The van der Waals surface area contributed by atoms with Gasteiger partial charge in [-0.05, 0) is 42.5 Å². The van der Waals surface area contributed by atoms with Crippen molar-refractivity contribution in [2.45, 2.75) is 6.42 Å². The molecule has 0 amide bonds. The number of hydrogen-bond donors (Lipinski definition) is 0. The van der Waals surface area contributed by atoms with Crippen LogP contribution in [0.2, 0.25) is 0 Å². The summed E-state index contributed by atoms with van der Waals surface area (Å²) in [6.07, 6.45) is 10.5. The number of hydrogen-bond acceptors (Lipinski definition) is 2. The summed E-state index contributed by atoms with van der Waals surface area (Å²) in [5.41, 5.74) is 1.74. The summed E-state index contributed by atoms with van der Waals surface area (Å²) in [6, 6.07) is 19.4. The van der Waals surface area contributed by atoms with Crippen LogP contribution in [0, 0.1) is 11.8 Å². The van der Waals surface area contributed by atoms with E-state index in [0.717, 1.165) is 23.2 Å². The number of rotatable bonds is 2. The van der Waals surface area contributed by atoms with E-state index in [2.05, 4.69) is 34.5 Å². The van der Waals surface area contributed by atoms with E-state index in [-0.39, 0.29) is 0 Å². The van der Waals surface area contributed by atoms with Crippen molar-refractivity contribution in [2.24, 2.45) is 22.1 Å². The van der Waals surface area contributed by atoms with E-state index in [0.29, 0.717) is 0 Å². The molecule has 0 heterocycles. The van der Waals surface area contributed by atoms with Crippen LogP contribution in [0.3, 0.4) is 0 Å². The van der Waals surface area contributed by atoms with Crippen LogP contribution in [0.4, 0.5) is 11.4 Å². The Kier molecular flexibility index (Phi) is 4.37. The lowest BCUT2D eigenvalue weighted by Gasteiger charge is -1.91. The maximum Gasteiger partial charge on any atom is 0.0857 e. The molecule has 0 atom stereocenters. The highest BCUT2D eigenvalue weighted by Crippen LogP contribution is 2.31. The minimum absolute atomic E-state index is 0.810. The van der Waals surface area contributed by atoms with E-state index in [1.807, 2.05) is 60.7 Å². The maximum atomic E-state index is 4.10. The topological polar surface area (TPSA) is 24.7 Å². The minimum atomic E-state index is 0.810. The van der Waals surface area contributed by atoms with Crippen LogP contribution in [-0.2, 0) is 0 Å². The molecule has 0 unspecified atom stereocenters. The van der Waals surface area contributed by atoms with Crippen LogP contribution in [0.25, 0.3) is 0 Å². The molecule has 0 radical (unpaired) electrons. The summed E-state index contributed by atoms with van der Waals surface area (Å²) in [6.45, 7) is 0. The van der Waals surface area contributed by atoms with E-state index in [9.17, 15) is 0 Å². The Labute approximate surface area is 125 Å². The monoisotopic (exact) mass is 274 g/mol. The fourth-order valence-electron chi connectivity index (χ4n) is 2.43. The molecule has 2 heteroatoms. The lowest BCUT2D eigenvalue weighted by molar-refractivity contribution is 0.732. The molecule has 2 aromatic rings. The average molecular weight is 274 g/mol. The third-order valence-corrected chi connectivity index (χ3v) is 3.55. The predicted molar refractivity (Wildman–Crippen MR) is 86.9 cm³/mol. The molecule has 0 saturated carbocycles. The minimum Gasteiger partial charge on any atom is -0.151 e. The van der Waals surface area contributed by atoms with E-state index < -0.39 is 0 Å². The smallest absolute Gasteiger partial charge is 0.0857 e. The number of nitrogens with zero attached hydrogens (tertiary/aromatic N) is 2. The molecule has 21 heavy (non-hydrogen) atoms. The molecular formula is C19H18N2. The molecule has 4 rings (SSSR count). The molecular weight excluding hydrogens is 256 g/mol. The van der Waals surface area contributed by atoms with Gasteiger partial charge in [0.2, 0.25) is 0 Å².